The van der Waals surface area contributed by atoms with Crippen LogP contribution < -0.4 is 11.5 Å². The van der Waals surface area contributed by atoms with E-state index in [1.54, 1.807) is 6.21 Å². The predicted molar refractivity (Wildman–Crippen MR) is 55.3 cm³/mol. The molecule has 0 aromatic rings. The van der Waals surface area contributed by atoms with Crippen molar-refractivity contribution >= 4 is 22.1 Å². The van der Waals surface area contributed by atoms with Gasteiger partial charge < -0.3 is 21.3 Å². The SMILES string of the molecule is COC(O)/C(N)=C(\N)N=CC(C)Br. The number of methoxy groups -OCH3 is 1. The number of rotatable bonds is 4. The third-order valence-electron chi connectivity index (χ3n) is 1.20. The number of alkyl halides is 1. The van der Waals surface area contributed by atoms with Crippen molar-refractivity contribution in [3.63, 3.8) is 0 Å². The number of aliphatic hydroxyl groups is 1. The Balaban J connectivity index is 4.43. The first-order valence-corrected chi connectivity index (χ1v) is 4.54. The van der Waals surface area contributed by atoms with Gasteiger partial charge in [-0.15, -0.1) is 0 Å². The molecule has 0 saturated carbocycles. The van der Waals surface area contributed by atoms with Gasteiger partial charge in [-0.05, 0) is 6.92 Å². The van der Waals surface area contributed by atoms with Crippen molar-refractivity contribution in [2.24, 2.45) is 16.5 Å². The van der Waals surface area contributed by atoms with Gasteiger partial charge in [0.1, 0.15) is 11.5 Å². The van der Waals surface area contributed by atoms with Crippen LogP contribution in [0, 0.1) is 0 Å². The lowest BCUT2D eigenvalue weighted by atomic mass is 10.4. The smallest absolute Gasteiger partial charge is 0.199 e. The number of halogens is 1. The maximum absolute atomic E-state index is 9.09. The third-order valence-corrected chi connectivity index (χ3v) is 1.44. The average molecular weight is 252 g/mol. The van der Waals surface area contributed by atoms with Gasteiger partial charge in [0.2, 0.25) is 0 Å². The lowest BCUT2D eigenvalue weighted by molar-refractivity contribution is -0.0463. The van der Waals surface area contributed by atoms with E-state index in [-0.39, 0.29) is 16.3 Å². The van der Waals surface area contributed by atoms with E-state index in [1.807, 2.05) is 6.92 Å². The highest BCUT2D eigenvalue weighted by Crippen LogP contribution is 2.01. The normalized spacial score (nSPS) is 18.5. The molecule has 2 atom stereocenters. The van der Waals surface area contributed by atoms with E-state index in [9.17, 15) is 0 Å². The summed E-state index contributed by atoms with van der Waals surface area (Å²) in [5, 5.41) is 9.09. The molecule has 0 saturated heterocycles. The van der Waals surface area contributed by atoms with Crippen molar-refractivity contribution in [1.82, 2.24) is 0 Å². The van der Waals surface area contributed by atoms with Crippen molar-refractivity contribution in [2.75, 3.05) is 7.11 Å². The summed E-state index contributed by atoms with van der Waals surface area (Å²) < 4.78 is 4.55. The summed E-state index contributed by atoms with van der Waals surface area (Å²) in [6.45, 7) is 1.87. The fourth-order valence-corrected chi connectivity index (χ4v) is 0.629. The number of aliphatic imine (C=N–C) groups is 1. The van der Waals surface area contributed by atoms with Gasteiger partial charge >= 0.3 is 0 Å². The zero-order valence-corrected chi connectivity index (χ0v) is 9.15. The molecule has 0 fully saturated rings. The summed E-state index contributed by atoms with van der Waals surface area (Å²) in [6, 6.07) is 0. The van der Waals surface area contributed by atoms with Gasteiger partial charge in [0.05, 0.1) is 0 Å². The quantitative estimate of drug-likeness (QED) is 0.369. The Morgan fingerprint density at radius 3 is 2.54 bits per heavy atom. The molecule has 13 heavy (non-hydrogen) atoms. The van der Waals surface area contributed by atoms with Crippen LogP contribution in [0.4, 0.5) is 0 Å². The van der Waals surface area contributed by atoms with Gasteiger partial charge in [-0.1, -0.05) is 15.9 Å². The topological polar surface area (TPSA) is 93.9 Å². The first kappa shape index (κ1) is 12.4. The lowest BCUT2D eigenvalue weighted by Crippen LogP contribution is -2.23. The lowest BCUT2D eigenvalue weighted by Gasteiger charge is -2.09. The maximum atomic E-state index is 9.09. The van der Waals surface area contributed by atoms with Gasteiger partial charge in [0, 0.05) is 18.2 Å². The molecular weight excluding hydrogens is 238 g/mol. The van der Waals surface area contributed by atoms with Gasteiger partial charge in [0.25, 0.3) is 0 Å². The Labute approximate surface area is 85.6 Å². The number of nitrogens with two attached hydrogens (primary N) is 2. The van der Waals surface area contributed by atoms with Crippen molar-refractivity contribution in [3.05, 3.63) is 11.5 Å². The zero-order valence-electron chi connectivity index (χ0n) is 7.57. The van der Waals surface area contributed by atoms with E-state index in [0.717, 1.165) is 0 Å². The van der Waals surface area contributed by atoms with Crippen molar-refractivity contribution in [2.45, 2.75) is 18.0 Å². The van der Waals surface area contributed by atoms with Crippen LogP contribution in [0.2, 0.25) is 0 Å². The molecule has 0 aliphatic heterocycles. The summed E-state index contributed by atoms with van der Waals surface area (Å²) in [4.78, 5) is 3.91. The van der Waals surface area contributed by atoms with Crippen LogP contribution >= 0.6 is 15.9 Å². The van der Waals surface area contributed by atoms with E-state index in [4.69, 9.17) is 16.6 Å². The molecule has 2 unspecified atom stereocenters. The van der Waals surface area contributed by atoms with Crippen LogP contribution in [0.15, 0.2) is 16.5 Å². The summed E-state index contributed by atoms with van der Waals surface area (Å²) in [7, 11) is 1.32. The number of aliphatic hydroxyl groups excluding tert-OH is 1. The van der Waals surface area contributed by atoms with Crippen LogP contribution in [0.3, 0.4) is 0 Å². The molecule has 6 heteroatoms. The second-order valence-electron chi connectivity index (χ2n) is 2.38. The number of hydrogen-bond donors (Lipinski definition) is 3. The Hall–Kier alpha value is -0.590. The van der Waals surface area contributed by atoms with Crippen molar-refractivity contribution in [1.29, 1.82) is 0 Å². The second kappa shape index (κ2) is 5.95. The van der Waals surface area contributed by atoms with E-state index >= 15 is 0 Å². The highest BCUT2D eigenvalue weighted by Gasteiger charge is 2.08. The fourth-order valence-electron chi connectivity index (χ4n) is 0.511. The Bertz CT molecular complexity index is 216. The standard InChI is InChI=1S/C7H14BrN3O2/c1-4(8)3-11-6(10)5(9)7(12)13-2/h3-4,7,12H,9-10H2,1-2H3/b6-5-,11-3?. The molecule has 0 aromatic carbocycles. The predicted octanol–water partition coefficient (Wildman–Crippen LogP) is -0.108. The maximum Gasteiger partial charge on any atom is 0.199 e. The van der Waals surface area contributed by atoms with Gasteiger partial charge in [-0.3, -0.25) is 0 Å². The van der Waals surface area contributed by atoms with Crippen LogP contribution in [0.25, 0.3) is 0 Å². The monoisotopic (exact) mass is 251 g/mol. The third kappa shape index (κ3) is 4.87. The molecular formula is C7H14BrN3O2. The number of hydrogen-bond acceptors (Lipinski definition) is 5. The van der Waals surface area contributed by atoms with Crippen LogP contribution in [-0.2, 0) is 4.74 Å². The minimum Gasteiger partial charge on any atom is -0.395 e. The highest BCUT2D eigenvalue weighted by molar-refractivity contribution is 9.09. The summed E-state index contributed by atoms with van der Waals surface area (Å²) in [5.41, 5.74) is 10.9. The highest BCUT2D eigenvalue weighted by atomic mass is 79.9. The molecule has 0 amide bonds. The molecule has 5 N–H and O–H groups in total. The summed E-state index contributed by atoms with van der Waals surface area (Å²) >= 11 is 3.24. The first-order chi connectivity index (χ1) is 5.99. The Morgan fingerprint density at radius 1 is 1.62 bits per heavy atom. The van der Waals surface area contributed by atoms with E-state index in [2.05, 4.69) is 25.7 Å². The Morgan fingerprint density at radius 2 is 2.15 bits per heavy atom. The zero-order chi connectivity index (χ0) is 10.4. The molecule has 5 nitrogen and oxygen atoms in total. The molecule has 0 spiro atoms. The van der Waals surface area contributed by atoms with Gasteiger partial charge in [0.15, 0.2) is 6.29 Å². The number of nitrogens with zero attached hydrogens (tertiary/aromatic N) is 1. The second-order valence-corrected chi connectivity index (χ2v) is 3.83. The van der Waals surface area contributed by atoms with E-state index in [1.165, 1.54) is 7.11 Å². The van der Waals surface area contributed by atoms with Crippen molar-refractivity contribution < 1.29 is 9.84 Å². The molecule has 0 rings (SSSR count). The molecule has 0 aliphatic carbocycles. The average Bonchev–Trinajstić information content (AvgIpc) is 2.11. The molecule has 0 aromatic heterocycles. The summed E-state index contributed by atoms with van der Waals surface area (Å²) in [5.74, 6) is 0.0562. The molecule has 0 radical (unpaired) electrons. The molecule has 0 aliphatic rings. The Kier molecular flexibility index (Phi) is 5.68. The first-order valence-electron chi connectivity index (χ1n) is 3.63. The molecule has 0 heterocycles. The van der Waals surface area contributed by atoms with Gasteiger partial charge in [-0.2, -0.15) is 0 Å². The van der Waals surface area contributed by atoms with Crippen LogP contribution in [-0.4, -0.2) is 29.5 Å². The largest absolute Gasteiger partial charge is 0.395 e. The minimum atomic E-state index is -1.21. The van der Waals surface area contributed by atoms with Crippen molar-refractivity contribution in [3.8, 4) is 0 Å². The van der Waals surface area contributed by atoms with E-state index < -0.39 is 6.29 Å². The van der Waals surface area contributed by atoms with Crippen LogP contribution in [0.1, 0.15) is 6.92 Å². The van der Waals surface area contributed by atoms with Crippen LogP contribution in [0.5, 0.6) is 0 Å². The molecule has 0 bridgehead atoms. The minimum absolute atomic E-state index is 0.00639. The summed E-state index contributed by atoms with van der Waals surface area (Å²) in [6.07, 6.45) is 0.354. The fraction of sp³-hybridized carbons (Fsp3) is 0.571. The van der Waals surface area contributed by atoms with Gasteiger partial charge in [-0.25, -0.2) is 4.99 Å². The number of ether oxygens (including phenoxy) is 1. The van der Waals surface area contributed by atoms with E-state index in [0.29, 0.717) is 0 Å². The molecule has 76 valence electrons.